The first-order valence-corrected chi connectivity index (χ1v) is 8.54. The molecule has 1 amide bonds. The Bertz CT molecular complexity index is 977. The summed E-state index contributed by atoms with van der Waals surface area (Å²) < 4.78 is 1.91. The largest absolute Gasteiger partial charge is 0.348 e. The number of hydrogen-bond donors (Lipinski definition) is 1. The van der Waals surface area contributed by atoms with Crippen molar-refractivity contribution in [3.63, 3.8) is 0 Å². The maximum atomic E-state index is 12.4. The number of non-ortho nitro benzene ring substituents is 1. The summed E-state index contributed by atoms with van der Waals surface area (Å²) in [7, 11) is 0. The van der Waals surface area contributed by atoms with Gasteiger partial charge in [-0.05, 0) is 43.2 Å². The van der Waals surface area contributed by atoms with Crippen molar-refractivity contribution in [2.24, 2.45) is 0 Å². The predicted octanol–water partition coefficient (Wildman–Crippen LogP) is 3.39. The molecule has 0 spiro atoms. The highest BCUT2D eigenvalue weighted by atomic mass is 16.6. The van der Waals surface area contributed by atoms with Gasteiger partial charge in [-0.25, -0.2) is 0 Å². The van der Waals surface area contributed by atoms with Gasteiger partial charge in [0, 0.05) is 29.9 Å². The van der Waals surface area contributed by atoms with Gasteiger partial charge < -0.3 is 5.32 Å². The van der Waals surface area contributed by atoms with Gasteiger partial charge in [0.25, 0.3) is 11.6 Å². The normalized spacial score (nSPS) is 10.6. The maximum absolute atomic E-state index is 12.4. The molecule has 0 unspecified atom stereocenters. The Morgan fingerprint density at radius 2 is 1.85 bits per heavy atom. The molecule has 0 radical (unpaired) electrons. The van der Waals surface area contributed by atoms with Crippen LogP contribution in [0, 0.1) is 24.0 Å². The zero-order valence-corrected chi connectivity index (χ0v) is 15.2. The molecule has 0 bridgehead atoms. The number of aryl methyl sites for hydroxylation is 2. The summed E-state index contributed by atoms with van der Waals surface area (Å²) in [6.07, 6.45) is 0. The van der Waals surface area contributed by atoms with Gasteiger partial charge in [-0.3, -0.25) is 19.6 Å². The highest BCUT2D eigenvalue weighted by molar-refractivity contribution is 5.94. The van der Waals surface area contributed by atoms with Crippen molar-refractivity contribution in [1.29, 1.82) is 0 Å². The minimum absolute atomic E-state index is 0.0296. The molecule has 27 heavy (non-hydrogen) atoms. The van der Waals surface area contributed by atoms with E-state index in [4.69, 9.17) is 0 Å². The number of carbonyl (C=O) groups is 1. The molecule has 0 aliphatic heterocycles. The topological polar surface area (TPSA) is 90.1 Å². The molecule has 0 aliphatic carbocycles. The van der Waals surface area contributed by atoms with Gasteiger partial charge in [-0.1, -0.05) is 24.3 Å². The SMILES string of the molecule is Cc1cc(C)n(Cc2cccc(C(=O)NCc3ccc([N+](=O)[O-])cc3)c2)n1. The molecule has 7 heteroatoms. The summed E-state index contributed by atoms with van der Waals surface area (Å²) >= 11 is 0. The van der Waals surface area contributed by atoms with E-state index in [0.29, 0.717) is 18.7 Å². The summed E-state index contributed by atoms with van der Waals surface area (Å²) in [5, 5.41) is 18.0. The van der Waals surface area contributed by atoms with Gasteiger partial charge in [-0.15, -0.1) is 0 Å². The van der Waals surface area contributed by atoms with E-state index in [9.17, 15) is 14.9 Å². The summed E-state index contributed by atoms with van der Waals surface area (Å²) in [5.74, 6) is -0.191. The molecule has 3 aromatic rings. The highest BCUT2D eigenvalue weighted by Gasteiger charge is 2.09. The molecule has 7 nitrogen and oxygen atoms in total. The molecule has 3 rings (SSSR count). The van der Waals surface area contributed by atoms with Crippen LogP contribution in [0.4, 0.5) is 5.69 Å². The van der Waals surface area contributed by atoms with E-state index in [-0.39, 0.29) is 11.6 Å². The van der Waals surface area contributed by atoms with Crippen molar-refractivity contribution in [3.8, 4) is 0 Å². The van der Waals surface area contributed by atoms with E-state index in [1.165, 1.54) is 12.1 Å². The number of aromatic nitrogens is 2. The zero-order chi connectivity index (χ0) is 19.4. The lowest BCUT2D eigenvalue weighted by Crippen LogP contribution is -2.23. The number of hydrogen-bond acceptors (Lipinski definition) is 4. The number of amides is 1. The second kappa shape index (κ2) is 7.82. The lowest BCUT2D eigenvalue weighted by Gasteiger charge is -2.08. The maximum Gasteiger partial charge on any atom is 0.269 e. The molecule has 0 saturated carbocycles. The number of nitro groups is 1. The first-order chi connectivity index (χ1) is 12.9. The Labute approximate surface area is 156 Å². The molecular weight excluding hydrogens is 344 g/mol. The van der Waals surface area contributed by atoms with Crippen molar-refractivity contribution < 1.29 is 9.72 Å². The average Bonchev–Trinajstić information content (AvgIpc) is 2.97. The Hall–Kier alpha value is -3.48. The van der Waals surface area contributed by atoms with Crippen LogP contribution in [-0.4, -0.2) is 20.6 Å². The van der Waals surface area contributed by atoms with Gasteiger partial charge in [0.15, 0.2) is 0 Å². The lowest BCUT2D eigenvalue weighted by molar-refractivity contribution is -0.384. The van der Waals surface area contributed by atoms with Crippen LogP contribution in [0.5, 0.6) is 0 Å². The van der Waals surface area contributed by atoms with E-state index in [0.717, 1.165) is 22.5 Å². The van der Waals surface area contributed by atoms with Crippen molar-refractivity contribution in [2.45, 2.75) is 26.9 Å². The Balaban J connectivity index is 1.64. The Morgan fingerprint density at radius 1 is 1.11 bits per heavy atom. The van der Waals surface area contributed by atoms with Gasteiger partial charge in [0.05, 0.1) is 17.2 Å². The van der Waals surface area contributed by atoms with E-state index in [2.05, 4.69) is 10.4 Å². The standard InChI is InChI=1S/C20H20N4O3/c1-14-10-15(2)23(22-14)13-17-4-3-5-18(11-17)20(25)21-12-16-6-8-19(9-7-16)24(26)27/h3-11H,12-13H2,1-2H3,(H,21,25). The number of benzene rings is 2. The molecule has 1 N–H and O–H groups in total. The molecule has 1 aromatic heterocycles. The minimum Gasteiger partial charge on any atom is -0.348 e. The molecule has 0 saturated heterocycles. The Kier molecular flexibility index (Phi) is 5.30. The molecule has 0 atom stereocenters. The number of nitrogens with zero attached hydrogens (tertiary/aromatic N) is 3. The number of nitrogens with one attached hydrogen (secondary N) is 1. The Morgan fingerprint density at radius 3 is 2.48 bits per heavy atom. The molecule has 0 fully saturated rings. The highest BCUT2D eigenvalue weighted by Crippen LogP contribution is 2.13. The van der Waals surface area contributed by atoms with E-state index >= 15 is 0 Å². The average molecular weight is 364 g/mol. The van der Waals surface area contributed by atoms with E-state index in [1.807, 2.05) is 42.8 Å². The zero-order valence-electron chi connectivity index (χ0n) is 15.2. The first-order valence-electron chi connectivity index (χ1n) is 8.54. The predicted molar refractivity (Wildman–Crippen MR) is 102 cm³/mol. The summed E-state index contributed by atoms with van der Waals surface area (Å²) in [4.78, 5) is 22.7. The molecule has 138 valence electrons. The van der Waals surface area contributed by atoms with Crippen molar-refractivity contribution in [1.82, 2.24) is 15.1 Å². The summed E-state index contributed by atoms with van der Waals surface area (Å²) in [6, 6.07) is 15.6. The van der Waals surface area contributed by atoms with E-state index in [1.54, 1.807) is 18.2 Å². The summed E-state index contributed by atoms with van der Waals surface area (Å²) in [5.41, 5.74) is 4.42. The minimum atomic E-state index is -0.448. The molecular formula is C20H20N4O3. The third-order valence-corrected chi connectivity index (χ3v) is 4.23. The smallest absolute Gasteiger partial charge is 0.269 e. The van der Waals surface area contributed by atoms with Crippen LogP contribution < -0.4 is 5.32 Å². The van der Waals surface area contributed by atoms with Crippen LogP contribution in [0.3, 0.4) is 0 Å². The monoisotopic (exact) mass is 364 g/mol. The fraction of sp³-hybridized carbons (Fsp3) is 0.200. The first kappa shape index (κ1) is 18.3. The van der Waals surface area contributed by atoms with Crippen LogP contribution in [0.15, 0.2) is 54.6 Å². The van der Waals surface area contributed by atoms with Gasteiger partial charge >= 0.3 is 0 Å². The molecule has 2 aromatic carbocycles. The lowest BCUT2D eigenvalue weighted by atomic mass is 10.1. The van der Waals surface area contributed by atoms with E-state index < -0.39 is 4.92 Å². The third kappa shape index (κ3) is 4.58. The van der Waals surface area contributed by atoms with Crippen molar-refractivity contribution in [2.75, 3.05) is 0 Å². The quantitative estimate of drug-likeness (QED) is 0.536. The second-order valence-electron chi connectivity index (χ2n) is 6.39. The van der Waals surface area contributed by atoms with Crippen LogP contribution in [0.2, 0.25) is 0 Å². The van der Waals surface area contributed by atoms with Crippen molar-refractivity contribution >= 4 is 11.6 Å². The van der Waals surface area contributed by atoms with Crippen LogP contribution >= 0.6 is 0 Å². The van der Waals surface area contributed by atoms with Gasteiger partial charge in [0.1, 0.15) is 0 Å². The molecule has 1 heterocycles. The fourth-order valence-electron chi connectivity index (χ4n) is 2.84. The van der Waals surface area contributed by atoms with Crippen LogP contribution in [0.1, 0.15) is 32.9 Å². The molecule has 0 aliphatic rings. The van der Waals surface area contributed by atoms with Crippen LogP contribution in [0.25, 0.3) is 0 Å². The number of nitro benzene ring substituents is 1. The van der Waals surface area contributed by atoms with Gasteiger partial charge in [0.2, 0.25) is 0 Å². The second-order valence-corrected chi connectivity index (χ2v) is 6.39. The van der Waals surface area contributed by atoms with Gasteiger partial charge in [-0.2, -0.15) is 5.10 Å². The number of rotatable bonds is 6. The summed E-state index contributed by atoms with van der Waals surface area (Å²) in [6.45, 7) is 4.86. The number of carbonyl (C=O) groups excluding carboxylic acids is 1. The van der Waals surface area contributed by atoms with Crippen LogP contribution in [-0.2, 0) is 13.1 Å². The third-order valence-electron chi connectivity index (χ3n) is 4.23. The van der Waals surface area contributed by atoms with Crippen molar-refractivity contribution in [3.05, 3.63) is 92.8 Å². The fourth-order valence-corrected chi connectivity index (χ4v) is 2.84.